The Balaban J connectivity index is 2.41. The van der Waals surface area contributed by atoms with Gasteiger partial charge < -0.3 is 20.0 Å². The molecular weight excluding hydrogens is 356 g/mol. The van der Waals surface area contributed by atoms with Crippen LogP contribution in [0, 0.1) is 0 Å². The highest BCUT2D eigenvalue weighted by Gasteiger charge is 2.39. The van der Waals surface area contributed by atoms with Gasteiger partial charge in [-0.1, -0.05) is 0 Å². The predicted molar refractivity (Wildman–Crippen MR) is 110 cm³/mol. The van der Waals surface area contributed by atoms with Crippen molar-refractivity contribution in [3.8, 4) is 11.5 Å². The van der Waals surface area contributed by atoms with E-state index in [0.29, 0.717) is 48.7 Å². The Morgan fingerprint density at radius 2 is 0.929 bits per heavy atom. The lowest BCUT2D eigenvalue weighted by atomic mass is 9.80. The van der Waals surface area contributed by atoms with E-state index < -0.39 is 11.6 Å². The Kier molecular flexibility index (Phi) is 5.31. The van der Waals surface area contributed by atoms with Gasteiger partial charge in [0, 0.05) is 37.6 Å². The van der Waals surface area contributed by atoms with E-state index in [0.717, 1.165) is 0 Å². The minimum Gasteiger partial charge on any atom is -0.507 e. The van der Waals surface area contributed by atoms with Gasteiger partial charge in [0.15, 0.2) is 0 Å². The van der Waals surface area contributed by atoms with Crippen molar-refractivity contribution in [3.63, 3.8) is 0 Å². The molecule has 3 rings (SSSR count). The van der Waals surface area contributed by atoms with Crippen LogP contribution in [0.1, 0.15) is 59.5 Å². The molecule has 0 amide bonds. The molecule has 2 aromatic rings. The second kappa shape index (κ2) is 7.54. The third-order valence-electron chi connectivity index (χ3n) is 5.44. The topological polar surface area (TPSA) is 81.1 Å². The Morgan fingerprint density at radius 1 is 0.607 bits per heavy atom. The van der Waals surface area contributed by atoms with Crippen LogP contribution in [-0.2, 0) is 0 Å². The lowest BCUT2D eigenvalue weighted by Gasteiger charge is -2.32. The molecule has 0 aliphatic heterocycles. The molecule has 0 saturated carbocycles. The zero-order valence-corrected chi connectivity index (χ0v) is 16.7. The SMILES string of the molecule is CCN(CC)c1ccc(N(CC)CC)c2c1C(=O)c1c(O)ccc(O)c1C2=O. The highest BCUT2D eigenvalue weighted by molar-refractivity contribution is 6.33. The van der Waals surface area contributed by atoms with Gasteiger partial charge in [0.2, 0.25) is 11.6 Å². The van der Waals surface area contributed by atoms with Gasteiger partial charge in [-0.15, -0.1) is 0 Å². The molecule has 0 saturated heterocycles. The average Bonchev–Trinajstić information content (AvgIpc) is 2.70. The van der Waals surface area contributed by atoms with Crippen molar-refractivity contribution in [1.29, 1.82) is 0 Å². The number of ketones is 2. The monoisotopic (exact) mass is 382 g/mol. The molecule has 0 unspecified atom stereocenters. The molecule has 2 aromatic carbocycles. The lowest BCUT2D eigenvalue weighted by Crippen LogP contribution is -2.32. The number of carbonyl (C=O) groups excluding carboxylic acids is 2. The molecule has 6 nitrogen and oxygen atoms in total. The fourth-order valence-corrected chi connectivity index (χ4v) is 3.99. The van der Waals surface area contributed by atoms with E-state index in [-0.39, 0.29) is 22.6 Å². The molecule has 1 aliphatic carbocycles. The molecule has 0 heterocycles. The number of benzene rings is 2. The Hall–Kier alpha value is -3.02. The van der Waals surface area contributed by atoms with Crippen molar-refractivity contribution in [1.82, 2.24) is 0 Å². The lowest BCUT2D eigenvalue weighted by molar-refractivity contribution is 0.0975. The second-order valence-corrected chi connectivity index (χ2v) is 6.71. The number of hydrogen-bond donors (Lipinski definition) is 2. The Labute approximate surface area is 165 Å². The van der Waals surface area contributed by atoms with Gasteiger partial charge >= 0.3 is 0 Å². The van der Waals surface area contributed by atoms with Crippen LogP contribution >= 0.6 is 0 Å². The van der Waals surface area contributed by atoms with Crippen LogP contribution in [0.25, 0.3) is 0 Å². The zero-order valence-electron chi connectivity index (χ0n) is 16.7. The van der Waals surface area contributed by atoms with Crippen molar-refractivity contribution in [2.45, 2.75) is 27.7 Å². The third kappa shape index (κ3) is 2.80. The highest BCUT2D eigenvalue weighted by Crippen LogP contribution is 2.43. The molecular formula is C22H26N2O4. The number of hydrogen-bond acceptors (Lipinski definition) is 6. The fraction of sp³-hybridized carbons (Fsp3) is 0.364. The maximum atomic E-state index is 13.5. The van der Waals surface area contributed by atoms with Gasteiger partial charge in [-0.25, -0.2) is 0 Å². The predicted octanol–water partition coefficient (Wildman–Crippen LogP) is 3.57. The normalized spacial score (nSPS) is 12.6. The maximum Gasteiger partial charge on any atom is 0.200 e. The molecule has 148 valence electrons. The molecule has 0 aromatic heterocycles. The quantitative estimate of drug-likeness (QED) is 0.635. The molecule has 0 radical (unpaired) electrons. The van der Waals surface area contributed by atoms with Crippen molar-refractivity contribution in [2.24, 2.45) is 0 Å². The van der Waals surface area contributed by atoms with E-state index in [1.165, 1.54) is 12.1 Å². The van der Waals surface area contributed by atoms with Crippen molar-refractivity contribution >= 4 is 22.9 Å². The summed E-state index contributed by atoms with van der Waals surface area (Å²) >= 11 is 0. The fourth-order valence-electron chi connectivity index (χ4n) is 3.99. The van der Waals surface area contributed by atoms with E-state index in [1.54, 1.807) is 0 Å². The summed E-state index contributed by atoms with van der Waals surface area (Å²) in [6.45, 7) is 10.6. The summed E-state index contributed by atoms with van der Waals surface area (Å²) in [6.07, 6.45) is 0. The standard InChI is InChI=1S/C22H26N2O4/c1-5-23(6-2)13-9-10-14(24(7-3)8-4)18-17(13)21(27)19-15(25)11-12-16(26)20(19)22(18)28/h9-12,25-26H,5-8H2,1-4H3. The summed E-state index contributed by atoms with van der Waals surface area (Å²) in [5.74, 6) is -1.46. The number of phenolic OH excluding ortho intramolecular Hbond substituents is 2. The molecule has 6 heteroatoms. The van der Waals surface area contributed by atoms with E-state index in [2.05, 4.69) is 0 Å². The average molecular weight is 382 g/mol. The van der Waals surface area contributed by atoms with Crippen molar-refractivity contribution < 1.29 is 19.8 Å². The summed E-state index contributed by atoms with van der Waals surface area (Å²) in [7, 11) is 0. The molecule has 2 N–H and O–H groups in total. The first kappa shape index (κ1) is 19.7. The first-order chi connectivity index (χ1) is 13.4. The van der Waals surface area contributed by atoms with E-state index in [9.17, 15) is 19.8 Å². The first-order valence-corrected chi connectivity index (χ1v) is 9.72. The van der Waals surface area contributed by atoms with Gasteiger partial charge in [-0.2, -0.15) is 0 Å². The molecule has 0 bridgehead atoms. The summed E-state index contributed by atoms with van der Waals surface area (Å²) in [4.78, 5) is 31.0. The van der Waals surface area contributed by atoms with Crippen LogP contribution in [0.4, 0.5) is 11.4 Å². The van der Waals surface area contributed by atoms with Crippen LogP contribution in [0.3, 0.4) is 0 Å². The molecule has 0 atom stereocenters. The number of carbonyl (C=O) groups is 2. The zero-order chi connectivity index (χ0) is 20.6. The van der Waals surface area contributed by atoms with E-state index in [4.69, 9.17) is 0 Å². The van der Waals surface area contributed by atoms with Crippen LogP contribution in [0.5, 0.6) is 11.5 Å². The molecule has 28 heavy (non-hydrogen) atoms. The third-order valence-corrected chi connectivity index (χ3v) is 5.44. The minimum absolute atomic E-state index is 0.123. The number of anilines is 2. The smallest absolute Gasteiger partial charge is 0.200 e. The summed E-state index contributed by atoms with van der Waals surface area (Å²) in [5, 5.41) is 20.6. The summed E-state index contributed by atoms with van der Waals surface area (Å²) in [6, 6.07) is 6.23. The van der Waals surface area contributed by atoms with Gasteiger partial charge in [-0.05, 0) is 52.0 Å². The van der Waals surface area contributed by atoms with Crippen LogP contribution in [-0.4, -0.2) is 48.0 Å². The van der Waals surface area contributed by atoms with E-state index >= 15 is 0 Å². The highest BCUT2D eigenvalue weighted by atomic mass is 16.3. The number of nitrogens with zero attached hydrogens (tertiary/aromatic N) is 2. The molecule has 1 aliphatic rings. The van der Waals surface area contributed by atoms with Crippen LogP contribution in [0.15, 0.2) is 24.3 Å². The van der Waals surface area contributed by atoms with Gasteiger partial charge in [0.05, 0.1) is 22.3 Å². The number of phenols is 2. The van der Waals surface area contributed by atoms with Gasteiger partial charge in [0.25, 0.3) is 0 Å². The largest absolute Gasteiger partial charge is 0.507 e. The number of aromatic hydroxyl groups is 2. The Bertz CT molecular complexity index is 868. The second-order valence-electron chi connectivity index (χ2n) is 6.71. The maximum absolute atomic E-state index is 13.5. The minimum atomic E-state index is -0.436. The van der Waals surface area contributed by atoms with Gasteiger partial charge in [-0.3, -0.25) is 9.59 Å². The molecule has 0 fully saturated rings. The van der Waals surface area contributed by atoms with Crippen molar-refractivity contribution in [2.75, 3.05) is 36.0 Å². The summed E-state index contributed by atoms with van der Waals surface area (Å²) < 4.78 is 0. The number of rotatable bonds is 6. The van der Waals surface area contributed by atoms with Crippen LogP contribution in [0.2, 0.25) is 0 Å². The van der Waals surface area contributed by atoms with E-state index in [1.807, 2.05) is 49.6 Å². The summed E-state index contributed by atoms with van der Waals surface area (Å²) in [5.41, 5.74) is 1.69. The first-order valence-electron chi connectivity index (χ1n) is 9.72. The van der Waals surface area contributed by atoms with Crippen LogP contribution < -0.4 is 9.80 Å². The molecule has 0 spiro atoms. The van der Waals surface area contributed by atoms with Gasteiger partial charge in [0.1, 0.15) is 11.5 Å². The number of fused-ring (bicyclic) bond motifs is 2. The Morgan fingerprint density at radius 3 is 1.21 bits per heavy atom. The van der Waals surface area contributed by atoms with Crippen molar-refractivity contribution in [3.05, 3.63) is 46.5 Å².